The van der Waals surface area contributed by atoms with Crippen LogP contribution in [0.3, 0.4) is 0 Å². The van der Waals surface area contributed by atoms with Crippen LogP contribution in [-0.4, -0.2) is 25.7 Å². The fourth-order valence-electron chi connectivity index (χ4n) is 1.64. The highest BCUT2D eigenvalue weighted by Gasteiger charge is 2.24. The number of hydrogen-bond acceptors (Lipinski definition) is 2. The molecule has 0 aromatic heterocycles. The van der Waals surface area contributed by atoms with Gasteiger partial charge in [0.25, 0.3) is 5.91 Å². The lowest BCUT2D eigenvalue weighted by molar-refractivity contribution is 0.0951. The van der Waals surface area contributed by atoms with Gasteiger partial charge in [-0.1, -0.05) is 27.8 Å². The molecule has 0 spiro atoms. The van der Waals surface area contributed by atoms with Crippen molar-refractivity contribution in [2.45, 2.75) is 25.8 Å². The zero-order chi connectivity index (χ0) is 13.8. The molecule has 1 aliphatic rings. The van der Waals surface area contributed by atoms with Crippen molar-refractivity contribution in [1.82, 2.24) is 5.32 Å². The van der Waals surface area contributed by atoms with E-state index < -0.39 is 0 Å². The van der Waals surface area contributed by atoms with Gasteiger partial charge in [-0.05, 0) is 37.5 Å². The highest BCUT2D eigenvalue weighted by Crippen LogP contribution is 2.23. The van der Waals surface area contributed by atoms with Gasteiger partial charge in [0.15, 0.2) is 0 Å². The first-order valence-electron chi connectivity index (χ1n) is 6.20. The van der Waals surface area contributed by atoms with Crippen LogP contribution in [0.15, 0.2) is 16.6 Å². The zero-order valence-electron chi connectivity index (χ0n) is 11.0. The van der Waals surface area contributed by atoms with E-state index in [1.54, 1.807) is 7.11 Å². The average Bonchev–Trinajstić information content (AvgIpc) is 3.18. The van der Waals surface area contributed by atoms with Gasteiger partial charge in [-0.2, -0.15) is 0 Å². The standard InChI is InChI=1S/C15H16BrNO2/c1-10-11(4-3-7-19-2)8-12(9-14(10)16)15(18)17-13-5-6-13/h8-9,13H,5-7H2,1-2H3,(H,17,18). The Morgan fingerprint density at radius 2 is 2.26 bits per heavy atom. The summed E-state index contributed by atoms with van der Waals surface area (Å²) < 4.78 is 5.81. The average molecular weight is 322 g/mol. The van der Waals surface area contributed by atoms with E-state index in [0.29, 0.717) is 18.2 Å². The number of ether oxygens (including phenoxy) is 1. The molecule has 0 bridgehead atoms. The number of nitrogens with one attached hydrogen (secondary N) is 1. The Labute approximate surface area is 121 Å². The second-order valence-electron chi connectivity index (χ2n) is 4.61. The second kappa shape index (κ2) is 6.23. The van der Waals surface area contributed by atoms with Gasteiger partial charge in [-0.3, -0.25) is 4.79 Å². The maximum absolute atomic E-state index is 12.0. The summed E-state index contributed by atoms with van der Waals surface area (Å²) in [6.45, 7) is 2.36. The van der Waals surface area contributed by atoms with Gasteiger partial charge in [0.05, 0.1) is 0 Å². The molecule has 1 N–H and O–H groups in total. The third-order valence-electron chi connectivity index (χ3n) is 2.96. The highest BCUT2D eigenvalue weighted by atomic mass is 79.9. The molecule has 19 heavy (non-hydrogen) atoms. The van der Waals surface area contributed by atoms with E-state index in [0.717, 1.165) is 28.4 Å². The van der Waals surface area contributed by atoms with Gasteiger partial charge < -0.3 is 10.1 Å². The molecule has 0 unspecified atom stereocenters. The predicted molar refractivity (Wildman–Crippen MR) is 78.1 cm³/mol. The Hall–Kier alpha value is -1.31. The van der Waals surface area contributed by atoms with Crippen LogP contribution in [0.5, 0.6) is 0 Å². The number of carbonyl (C=O) groups is 1. The second-order valence-corrected chi connectivity index (χ2v) is 5.47. The van der Waals surface area contributed by atoms with E-state index in [2.05, 4.69) is 33.1 Å². The lowest BCUT2D eigenvalue weighted by atomic mass is 10.0. The number of benzene rings is 1. The number of methoxy groups -OCH3 is 1. The van der Waals surface area contributed by atoms with Gasteiger partial charge in [0, 0.05) is 28.8 Å². The molecule has 0 atom stereocenters. The fourth-order valence-corrected chi connectivity index (χ4v) is 2.10. The number of rotatable bonds is 3. The number of carbonyl (C=O) groups excluding carboxylic acids is 1. The summed E-state index contributed by atoms with van der Waals surface area (Å²) in [4.78, 5) is 12.0. The molecule has 1 amide bonds. The summed E-state index contributed by atoms with van der Waals surface area (Å²) in [6.07, 6.45) is 2.17. The van der Waals surface area contributed by atoms with Gasteiger partial charge in [0.1, 0.15) is 6.61 Å². The topological polar surface area (TPSA) is 38.3 Å². The lowest BCUT2D eigenvalue weighted by Crippen LogP contribution is -2.25. The third-order valence-corrected chi connectivity index (χ3v) is 3.78. The largest absolute Gasteiger partial charge is 0.372 e. The van der Waals surface area contributed by atoms with Crippen molar-refractivity contribution in [3.63, 3.8) is 0 Å². The first-order valence-corrected chi connectivity index (χ1v) is 7.00. The van der Waals surface area contributed by atoms with Crippen LogP contribution >= 0.6 is 15.9 Å². The minimum Gasteiger partial charge on any atom is -0.372 e. The minimum absolute atomic E-state index is 0.0296. The smallest absolute Gasteiger partial charge is 0.251 e. The summed E-state index contributed by atoms with van der Waals surface area (Å²) in [5.41, 5.74) is 2.53. The summed E-state index contributed by atoms with van der Waals surface area (Å²) in [5, 5.41) is 2.98. The molecule has 2 rings (SSSR count). The van der Waals surface area contributed by atoms with Gasteiger partial charge in [0.2, 0.25) is 0 Å². The van der Waals surface area contributed by atoms with Crippen molar-refractivity contribution in [3.05, 3.63) is 33.3 Å². The molecule has 0 saturated heterocycles. The van der Waals surface area contributed by atoms with Crippen molar-refractivity contribution < 1.29 is 9.53 Å². The van der Waals surface area contributed by atoms with Crippen LogP contribution < -0.4 is 5.32 Å². The maximum atomic E-state index is 12.0. The van der Waals surface area contributed by atoms with E-state index in [1.807, 2.05) is 19.1 Å². The highest BCUT2D eigenvalue weighted by molar-refractivity contribution is 9.10. The van der Waals surface area contributed by atoms with E-state index in [4.69, 9.17) is 4.74 Å². The normalized spacial score (nSPS) is 13.6. The van der Waals surface area contributed by atoms with Crippen LogP contribution in [0.4, 0.5) is 0 Å². The number of halogens is 1. The molecule has 1 aliphatic carbocycles. The van der Waals surface area contributed by atoms with Crippen LogP contribution in [-0.2, 0) is 4.74 Å². The maximum Gasteiger partial charge on any atom is 0.251 e. The number of hydrogen-bond donors (Lipinski definition) is 1. The Morgan fingerprint density at radius 3 is 2.89 bits per heavy atom. The zero-order valence-corrected chi connectivity index (χ0v) is 12.6. The minimum atomic E-state index is -0.0296. The summed E-state index contributed by atoms with van der Waals surface area (Å²) in [7, 11) is 1.61. The molecule has 1 saturated carbocycles. The van der Waals surface area contributed by atoms with Gasteiger partial charge in [-0.25, -0.2) is 0 Å². The van der Waals surface area contributed by atoms with Crippen LogP contribution in [0.2, 0.25) is 0 Å². The van der Waals surface area contributed by atoms with E-state index in [1.165, 1.54) is 0 Å². The molecule has 4 heteroatoms. The van der Waals surface area contributed by atoms with Crippen molar-refractivity contribution in [2.24, 2.45) is 0 Å². The van der Waals surface area contributed by atoms with Crippen LogP contribution in [0.25, 0.3) is 0 Å². The lowest BCUT2D eigenvalue weighted by Gasteiger charge is -2.08. The van der Waals surface area contributed by atoms with Crippen molar-refractivity contribution >= 4 is 21.8 Å². The third kappa shape index (κ3) is 3.82. The molecule has 0 aliphatic heterocycles. The number of amides is 1. The SMILES string of the molecule is COCC#Cc1cc(C(=O)NC2CC2)cc(Br)c1C. The Bertz CT molecular complexity index is 553. The summed E-state index contributed by atoms with van der Waals surface area (Å²) in [6, 6.07) is 4.03. The molecule has 0 radical (unpaired) electrons. The fraction of sp³-hybridized carbons (Fsp3) is 0.400. The van der Waals surface area contributed by atoms with Gasteiger partial charge in [-0.15, -0.1) is 0 Å². The molecule has 1 fully saturated rings. The Kier molecular flexibility index (Phi) is 4.62. The van der Waals surface area contributed by atoms with Gasteiger partial charge >= 0.3 is 0 Å². The van der Waals surface area contributed by atoms with Crippen molar-refractivity contribution in [3.8, 4) is 11.8 Å². The Balaban J connectivity index is 2.25. The van der Waals surface area contributed by atoms with E-state index in [9.17, 15) is 4.79 Å². The molecule has 100 valence electrons. The van der Waals surface area contributed by atoms with Crippen LogP contribution in [0.1, 0.15) is 34.3 Å². The van der Waals surface area contributed by atoms with Crippen molar-refractivity contribution in [2.75, 3.05) is 13.7 Å². The first kappa shape index (κ1) is 14.1. The first-order chi connectivity index (χ1) is 9.11. The summed E-state index contributed by atoms with van der Waals surface area (Å²) in [5.74, 6) is 5.92. The molecule has 1 aromatic rings. The molecule has 1 aromatic carbocycles. The van der Waals surface area contributed by atoms with Crippen LogP contribution in [0, 0.1) is 18.8 Å². The van der Waals surface area contributed by atoms with Crippen molar-refractivity contribution in [1.29, 1.82) is 0 Å². The Morgan fingerprint density at radius 1 is 1.53 bits per heavy atom. The summed E-state index contributed by atoms with van der Waals surface area (Å²) >= 11 is 3.48. The van der Waals surface area contributed by atoms with E-state index >= 15 is 0 Å². The monoisotopic (exact) mass is 321 g/mol. The molecule has 0 heterocycles. The molecular formula is C15H16BrNO2. The van der Waals surface area contributed by atoms with E-state index in [-0.39, 0.29) is 5.91 Å². The molecular weight excluding hydrogens is 306 g/mol. The predicted octanol–water partition coefficient (Wildman–Crippen LogP) is 2.65. The quantitative estimate of drug-likeness (QED) is 0.869. The molecule has 3 nitrogen and oxygen atoms in total.